The SMILES string of the molecule is N#Cc1cc(C=CCNC(=O)OCC2c3ccccc3-c3ccccc32)ccc1Cl. The van der Waals surface area contributed by atoms with Crippen LogP contribution in [0.4, 0.5) is 4.79 Å². The highest BCUT2D eigenvalue weighted by Crippen LogP contribution is 2.44. The Bertz CT molecular complexity index is 1120. The second-order valence-electron chi connectivity index (χ2n) is 6.96. The molecule has 0 bridgehead atoms. The summed E-state index contributed by atoms with van der Waals surface area (Å²) >= 11 is 5.93. The van der Waals surface area contributed by atoms with Gasteiger partial charge in [-0.25, -0.2) is 4.79 Å². The molecule has 0 unspecified atom stereocenters. The Labute approximate surface area is 180 Å². The normalized spacial score (nSPS) is 12.3. The molecule has 3 aromatic carbocycles. The van der Waals surface area contributed by atoms with Gasteiger partial charge in [0.2, 0.25) is 0 Å². The van der Waals surface area contributed by atoms with Crippen LogP contribution in [0.15, 0.2) is 72.8 Å². The van der Waals surface area contributed by atoms with Gasteiger partial charge in [0.1, 0.15) is 12.7 Å². The molecule has 0 saturated carbocycles. The second-order valence-corrected chi connectivity index (χ2v) is 7.37. The van der Waals surface area contributed by atoms with Crippen LogP contribution in [0.25, 0.3) is 17.2 Å². The van der Waals surface area contributed by atoms with Crippen molar-refractivity contribution in [2.45, 2.75) is 5.92 Å². The predicted molar refractivity (Wildman–Crippen MR) is 118 cm³/mol. The maximum absolute atomic E-state index is 12.2. The minimum absolute atomic E-state index is 0.0390. The van der Waals surface area contributed by atoms with E-state index in [9.17, 15) is 4.79 Å². The maximum atomic E-state index is 12.2. The number of fused-ring (bicyclic) bond motifs is 3. The van der Waals surface area contributed by atoms with E-state index in [1.165, 1.54) is 22.3 Å². The van der Waals surface area contributed by atoms with Crippen molar-refractivity contribution in [2.75, 3.05) is 13.2 Å². The van der Waals surface area contributed by atoms with Gasteiger partial charge in [0.25, 0.3) is 0 Å². The Morgan fingerprint density at radius 2 is 1.73 bits per heavy atom. The molecular weight excluding hydrogens is 396 g/mol. The van der Waals surface area contributed by atoms with Gasteiger partial charge in [0, 0.05) is 12.5 Å². The van der Waals surface area contributed by atoms with Crippen molar-refractivity contribution >= 4 is 23.8 Å². The molecule has 30 heavy (non-hydrogen) atoms. The largest absolute Gasteiger partial charge is 0.449 e. The maximum Gasteiger partial charge on any atom is 0.407 e. The predicted octanol–water partition coefficient (Wildman–Crippen LogP) is 5.76. The lowest BCUT2D eigenvalue weighted by Crippen LogP contribution is -2.26. The third kappa shape index (κ3) is 4.07. The molecule has 0 heterocycles. The number of alkyl carbamates (subject to hydrolysis) is 1. The highest BCUT2D eigenvalue weighted by Gasteiger charge is 2.28. The summed E-state index contributed by atoms with van der Waals surface area (Å²) in [6.45, 7) is 0.605. The molecule has 0 spiro atoms. The van der Waals surface area contributed by atoms with Gasteiger partial charge in [-0.05, 0) is 39.9 Å². The van der Waals surface area contributed by atoms with Gasteiger partial charge in [0.05, 0.1) is 10.6 Å². The zero-order valence-corrected chi connectivity index (χ0v) is 16.9. The Hall–Kier alpha value is -3.55. The molecule has 4 rings (SSSR count). The average molecular weight is 415 g/mol. The number of hydrogen-bond donors (Lipinski definition) is 1. The fraction of sp³-hybridized carbons (Fsp3) is 0.120. The summed E-state index contributed by atoms with van der Waals surface area (Å²) < 4.78 is 5.50. The number of carbonyl (C=O) groups is 1. The minimum atomic E-state index is -0.463. The van der Waals surface area contributed by atoms with Crippen molar-refractivity contribution < 1.29 is 9.53 Å². The van der Waals surface area contributed by atoms with Gasteiger partial charge in [-0.2, -0.15) is 5.26 Å². The zero-order valence-electron chi connectivity index (χ0n) is 16.1. The summed E-state index contributed by atoms with van der Waals surface area (Å²) in [5, 5.41) is 12.2. The number of amides is 1. The Morgan fingerprint density at radius 3 is 2.40 bits per heavy atom. The van der Waals surface area contributed by atoms with Gasteiger partial charge in [-0.1, -0.05) is 78.4 Å². The van der Waals surface area contributed by atoms with Crippen molar-refractivity contribution in [2.24, 2.45) is 0 Å². The Balaban J connectivity index is 1.33. The van der Waals surface area contributed by atoms with Crippen LogP contribution >= 0.6 is 11.6 Å². The molecule has 1 aliphatic carbocycles. The molecule has 1 N–H and O–H groups in total. The summed E-state index contributed by atoms with van der Waals surface area (Å²) in [5.74, 6) is 0.0390. The highest BCUT2D eigenvalue weighted by molar-refractivity contribution is 6.31. The molecule has 0 fully saturated rings. The van der Waals surface area contributed by atoms with E-state index in [4.69, 9.17) is 21.6 Å². The molecule has 0 saturated heterocycles. The summed E-state index contributed by atoms with van der Waals surface area (Å²) in [7, 11) is 0. The van der Waals surface area contributed by atoms with Crippen molar-refractivity contribution in [1.29, 1.82) is 5.26 Å². The standard InChI is InChI=1S/C25H19ClN2O2/c26-24-12-11-17(14-18(24)15-27)6-5-13-28-25(29)30-16-23-21-9-3-1-7-19(21)20-8-2-4-10-22(20)23/h1-12,14,23H,13,16H2,(H,28,29). The average Bonchev–Trinajstić information content (AvgIpc) is 3.10. The van der Waals surface area contributed by atoms with Crippen LogP contribution in [0.3, 0.4) is 0 Å². The second kappa shape index (κ2) is 8.86. The third-order valence-corrected chi connectivity index (χ3v) is 5.46. The van der Waals surface area contributed by atoms with Crippen molar-refractivity contribution in [3.8, 4) is 17.2 Å². The number of nitrogens with zero attached hydrogens (tertiary/aromatic N) is 1. The van der Waals surface area contributed by atoms with E-state index in [0.29, 0.717) is 17.1 Å². The van der Waals surface area contributed by atoms with Crippen molar-refractivity contribution in [1.82, 2.24) is 5.32 Å². The van der Waals surface area contributed by atoms with Crippen LogP contribution < -0.4 is 5.32 Å². The summed E-state index contributed by atoms with van der Waals surface area (Å²) in [5.41, 5.74) is 6.02. The van der Waals surface area contributed by atoms with Gasteiger partial charge in [-0.3, -0.25) is 0 Å². The first-order valence-electron chi connectivity index (χ1n) is 9.62. The monoisotopic (exact) mass is 414 g/mol. The van der Waals surface area contributed by atoms with Crippen LogP contribution in [-0.4, -0.2) is 19.2 Å². The van der Waals surface area contributed by atoms with E-state index in [1.807, 2.05) is 42.5 Å². The van der Waals surface area contributed by atoms with E-state index in [0.717, 1.165) is 5.56 Å². The Kier molecular flexibility index (Phi) is 5.83. The number of halogens is 1. The van der Waals surface area contributed by atoms with Crippen LogP contribution in [0.1, 0.15) is 28.2 Å². The van der Waals surface area contributed by atoms with E-state index >= 15 is 0 Å². The lowest BCUT2D eigenvalue weighted by atomic mass is 9.98. The molecule has 4 nitrogen and oxygen atoms in total. The molecule has 3 aromatic rings. The smallest absolute Gasteiger partial charge is 0.407 e. The molecule has 0 aromatic heterocycles. The number of nitrogens with one attached hydrogen (secondary N) is 1. The van der Waals surface area contributed by atoms with Crippen LogP contribution in [0.2, 0.25) is 5.02 Å². The summed E-state index contributed by atoms with van der Waals surface area (Å²) in [6, 6.07) is 23.7. The number of ether oxygens (including phenoxy) is 1. The zero-order chi connectivity index (χ0) is 20.9. The number of rotatable bonds is 5. The molecule has 148 valence electrons. The Morgan fingerprint density at radius 1 is 1.07 bits per heavy atom. The van der Waals surface area contributed by atoms with Crippen LogP contribution in [0, 0.1) is 11.3 Å². The van der Waals surface area contributed by atoms with Crippen LogP contribution in [-0.2, 0) is 4.74 Å². The first kappa shape index (κ1) is 19.8. The minimum Gasteiger partial charge on any atom is -0.449 e. The van der Waals surface area contributed by atoms with Gasteiger partial charge in [0.15, 0.2) is 0 Å². The first-order valence-corrected chi connectivity index (χ1v) is 10.00. The van der Waals surface area contributed by atoms with Crippen LogP contribution in [0.5, 0.6) is 0 Å². The van der Waals surface area contributed by atoms with E-state index in [2.05, 4.69) is 29.6 Å². The van der Waals surface area contributed by atoms with Gasteiger partial charge >= 0.3 is 6.09 Å². The molecule has 0 aliphatic heterocycles. The fourth-order valence-electron chi connectivity index (χ4n) is 3.72. The molecule has 5 heteroatoms. The molecule has 1 aliphatic rings. The van der Waals surface area contributed by atoms with E-state index in [-0.39, 0.29) is 12.5 Å². The third-order valence-electron chi connectivity index (χ3n) is 5.13. The lowest BCUT2D eigenvalue weighted by molar-refractivity contribution is 0.144. The number of hydrogen-bond acceptors (Lipinski definition) is 3. The number of carbonyl (C=O) groups excluding carboxylic acids is 1. The van der Waals surface area contributed by atoms with Crippen molar-refractivity contribution in [3.05, 3.63) is 100 Å². The van der Waals surface area contributed by atoms with Crippen molar-refractivity contribution in [3.63, 3.8) is 0 Å². The number of nitriles is 1. The van der Waals surface area contributed by atoms with Gasteiger partial charge < -0.3 is 10.1 Å². The molecular formula is C25H19ClN2O2. The topological polar surface area (TPSA) is 62.1 Å². The molecule has 1 amide bonds. The molecule has 0 radical (unpaired) electrons. The first-order chi connectivity index (χ1) is 14.7. The van der Waals surface area contributed by atoms with E-state index < -0.39 is 6.09 Å². The highest BCUT2D eigenvalue weighted by atomic mass is 35.5. The summed E-state index contributed by atoms with van der Waals surface area (Å²) in [6.07, 6.45) is 3.16. The fourth-order valence-corrected chi connectivity index (χ4v) is 3.88. The quantitative estimate of drug-likeness (QED) is 0.577. The number of benzene rings is 3. The molecule has 0 atom stereocenters. The lowest BCUT2D eigenvalue weighted by Gasteiger charge is -2.14. The summed E-state index contributed by atoms with van der Waals surface area (Å²) in [4.78, 5) is 12.2. The van der Waals surface area contributed by atoms with Gasteiger partial charge in [-0.15, -0.1) is 0 Å². The van der Waals surface area contributed by atoms with E-state index in [1.54, 1.807) is 18.2 Å².